The fourth-order valence-electron chi connectivity index (χ4n) is 1.79. The van der Waals surface area contributed by atoms with Crippen LogP contribution < -0.4 is 5.32 Å². The first-order valence-electron chi connectivity index (χ1n) is 5.78. The van der Waals surface area contributed by atoms with Crippen LogP contribution in [0.1, 0.15) is 16.8 Å². The Morgan fingerprint density at radius 1 is 1.17 bits per heavy atom. The van der Waals surface area contributed by atoms with Crippen molar-refractivity contribution in [2.45, 2.75) is 13.8 Å². The largest absolute Gasteiger partial charge is 0.325 e. The molecule has 2 aromatic heterocycles. The molecule has 0 bridgehead atoms. The van der Waals surface area contributed by atoms with E-state index in [9.17, 15) is 0 Å². The number of amidine groups is 1. The molecule has 0 aliphatic rings. The Hall–Kier alpha value is -2.23. The van der Waals surface area contributed by atoms with E-state index in [0.29, 0.717) is 0 Å². The summed E-state index contributed by atoms with van der Waals surface area (Å²) in [6.07, 6.45) is 3.49. The molecule has 92 valence electrons. The Morgan fingerprint density at radius 2 is 1.89 bits per heavy atom. The smallest absolute Gasteiger partial charge is 0.133 e. The van der Waals surface area contributed by atoms with Gasteiger partial charge in [-0.3, -0.25) is 9.98 Å². The topological polar surface area (TPSA) is 50.2 Å². The van der Waals surface area contributed by atoms with Gasteiger partial charge >= 0.3 is 0 Å². The SMILES string of the molecule is CN=C(Nc1cc(C)cc(C)n1)c1ccncc1. The van der Waals surface area contributed by atoms with E-state index < -0.39 is 0 Å². The number of nitrogens with one attached hydrogen (secondary N) is 1. The molecule has 0 unspecified atom stereocenters. The van der Waals surface area contributed by atoms with Crippen LogP contribution >= 0.6 is 0 Å². The van der Waals surface area contributed by atoms with Crippen LogP contribution in [0.4, 0.5) is 5.82 Å². The Morgan fingerprint density at radius 3 is 2.50 bits per heavy atom. The lowest BCUT2D eigenvalue weighted by Crippen LogP contribution is -2.14. The van der Waals surface area contributed by atoms with Crippen molar-refractivity contribution in [1.29, 1.82) is 0 Å². The summed E-state index contributed by atoms with van der Waals surface area (Å²) in [7, 11) is 1.76. The normalized spacial score (nSPS) is 11.4. The maximum Gasteiger partial charge on any atom is 0.133 e. The fourth-order valence-corrected chi connectivity index (χ4v) is 1.79. The number of hydrogen-bond donors (Lipinski definition) is 1. The van der Waals surface area contributed by atoms with Gasteiger partial charge in [-0.2, -0.15) is 0 Å². The molecule has 0 saturated carbocycles. The van der Waals surface area contributed by atoms with Gasteiger partial charge in [0.1, 0.15) is 11.7 Å². The summed E-state index contributed by atoms with van der Waals surface area (Å²) in [5.74, 6) is 1.60. The molecule has 1 N–H and O–H groups in total. The van der Waals surface area contributed by atoms with Crippen LogP contribution in [0.15, 0.2) is 41.7 Å². The van der Waals surface area contributed by atoms with Crippen molar-refractivity contribution in [3.63, 3.8) is 0 Å². The molecule has 18 heavy (non-hydrogen) atoms. The van der Waals surface area contributed by atoms with Gasteiger partial charge in [0.2, 0.25) is 0 Å². The number of nitrogens with zero attached hydrogens (tertiary/aromatic N) is 3. The maximum absolute atomic E-state index is 4.44. The number of hydrogen-bond acceptors (Lipinski definition) is 3. The zero-order valence-electron chi connectivity index (χ0n) is 10.8. The summed E-state index contributed by atoms with van der Waals surface area (Å²) in [6, 6.07) is 7.87. The van der Waals surface area contributed by atoms with E-state index in [1.54, 1.807) is 19.4 Å². The molecule has 2 rings (SSSR count). The molecule has 0 atom stereocenters. The molecule has 4 heteroatoms. The van der Waals surface area contributed by atoms with Crippen LogP contribution in [0.2, 0.25) is 0 Å². The van der Waals surface area contributed by atoms with E-state index in [-0.39, 0.29) is 0 Å². The van der Waals surface area contributed by atoms with Gasteiger partial charge in [0.15, 0.2) is 0 Å². The summed E-state index contributed by atoms with van der Waals surface area (Å²) in [5.41, 5.74) is 3.16. The molecular weight excluding hydrogens is 224 g/mol. The van der Waals surface area contributed by atoms with Crippen LogP contribution in [0.5, 0.6) is 0 Å². The highest BCUT2D eigenvalue weighted by Gasteiger charge is 2.04. The molecule has 0 saturated heterocycles. The van der Waals surface area contributed by atoms with Crippen molar-refractivity contribution < 1.29 is 0 Å². The molecule has 4 nitrogen and oxygen atoms in total. The first-order valence-corrected chi connectivity index (χ1v) is 5.78. The van der Waals surface area contributed by atoms with E-state index in [0.717, 1.165) is 22.9 Å². The second kappa shape index (κ2) is 5.40. The highest BCUT2D eigenvalue weighted by atomic mass is 15.1. The quantitative estimate of drug-likeness (QED) is 0.648. The van der Waals surface area contributed by atoms with E-state index >= 15 is 0 Å². The highest BCUT2D eigenvalue weighted by molar-refractivity contribution is 6.07. The minimum atomic E-state index is 0.787. The van der Waals surface area contributed by atoms with Crippen molar-refractivity contribution in [3.8, 4) is 0 Å². The van der Waals surface area contributed by atoms with Crippen molar-refractivity contribution in [2.75, 3.05) is 12.4 Å². The van der Waals surface area contributed by atoms with Crippen molar-refractivity contribution in [1.82, 2.24) is 9.97 Å². The Labute approximate surface area is 107 Å². The molecule has 0 radical (unpaired) electrons. The van der Waals surface area contributed by atoms with Crippen molar-refractivity contribution in [2.24, 2.45) is 4.99 Å². The summed E-state index contributed by atoms with van der Waals surface area (Å²) >= 11 is 0. The van der Waals surface area contributed by atoms with E-state index in [2.05, 4.69) is 27.2 Å². The minimum absolute atomic E-state index is 0.787. The third-order valence-electron chi connectivity index (χ3n) is 2.52. The predicted molar refractivity (Wildman–Crippen MR) is 74.0 cm³/mol. The molecule has 0 aliphatic heterocycles. The molecule has 0 amide bonds. The summed E-state index contributed by atoms with van der Waals surface area (Å²) < 4.78 is 0. The van der Waals surface area contributed by atoms with Crippen LogP contribution in [0.3, 0.4) is 0 Å². The van der Waals surface area contributed by atoms with Gasteiger partial charge in [0, 0.05) is 30.7 Å². The molecular formula is C14H16N4. The van der Waals surface area contributed by atoms with Gasteiger partial charge in [-0.05, 0) is 43.7 Å². The lowest BCUT2D eigenvalue weighted by atomic mass is 10.2. The van der Waals surface area contributed by atoms with Gasteiger partial charge < -0.3 is 5.32 Å². The molecule has 0 aromatic carbocycles. The third-order valence-corrected chi connectivity index (χ3v) is 2.52. The number of anilines is 1. The molecule has 2 aromatic rings. The van der Waals surface area contributed by atoms with Crippen molar-refractivity contribution in [3.05, 3.63) is 53.5 Å². The van der Waals surface area contributed by atoms with Crippen LogP contribution in [0, 0.1) is 13.8 Å². The van der Waals surface area contributed by atoms with Crippen LogP contribution in [0.25, 0.3) is 0 Å². The Balaban J connectivity index is 2.27. The lowest BCUT2D eigenvalue weighted by molar-refractivity contribution is 1.18. The Bertz CT molecular complexity index is 541. The number of aryl methyl sites for hydroxylation is 2. The zero-order chi connectivity index (χ0) is 13.0. The van der Waals surface area contributed by atoms with Gasteiger partial charge in [0.25, 0.3) is 0 Å². The number of aliphatic imine (C=N–C) groups is 1. The summed E-state index contributed by atoms with van der Waals surface area (Å²) in [5, 5.41) is 3.24. The summed E-state index contributed by atoms with van der Waals surface area (Å²) in [4.78, 5) is 12.7. The number of rotatable bonds is 2. The second-order valence-electron chi connectivity index (χ2n) is 4.10. The molecule has 0 spiro atoms. The lowest BCUT2D eigenvalue weighted by Gasteiger charge is -2.10. The van der Waals surface area contributed by atoms with E-state index in [4.69, 9.17) is 0 Å². The minimum Gasteiger partial charge on any atom is -0.325 e. The first-order chi connectivity index (χ1) is 8.69. The predicted octanol–water partition coefficient (Wildman–Crippen LogP) is 2.58. The number of aromatic nitrogens is 2. The van der Waals surface area contributed by atoms with Crippen molar-refractivity contribution >= 4 is 11.7 Å². The molecule has 0 aliphatic carbocycles. The van der Waals surface area contributed by atoms with Gasteiger partial charge in [-0.1, -0.05) is 0 Å². The second-order valence-corrected chi connectivity index (χ2v) is 4.10. The Kier molecular flexibility index (Phi) is 3.67. The van der Waals surface area contributed by atoms with Gasteiger partial charge in [-0.25, -0.2) is 4.98 Å². The van der Waals surface area contributed by atoms with Crippen LogP contribution in [-0.2, 0) is 0 Å². The molecule has 0 fully saturated rings. The van der Waals surface area contributed by atoms with E-state index in [1.807, 2.05) is 31.2 Å². The zero-order valence-corrected chi connectivity index (χ0v) is 10.8. The first kappa shape index (κ1) is 12.2. The maximum atomic E-state index is 4.44. The average molecular weight is 240 g/mol. The highest BCUT2D eigenvalue weighted by Crippen LogP contribution is 2.11. The number of pyridine rings is 2. The van der Waals surface area contributed by atoms with Crippen LogP contribution in [-0.4, -0.2) is 22.9 Å². The standard InChI is InChI=1S/C14H16N4/c1-10-8-11(2)17-13(9-10)18-14(15-3)12-4-6-16-7-5-12/h4-9H,1-3H3,(H,15,17,18). The average Bonchev–Trinajstić information content (AvgIpc) is 2.36. The third kappa shape index (κ3) is 2.91. The van der Waals surface area contributed by atoms with Gasteiger partial charge in [-0.15, -0.1) is 0 Å². The van der Waals surface area contributed by atoms with E-state index in [1.165, 1.54) is 5.56 Å². The van der Waals surface area contributed by atoms with Gasteiger partial charge in [0.05, 0.1) is 0 Å². The monoisotopic (exact) mass is 240 g/mol. The fraction of sp³-hybridized carbons (Fsp3) is 0.214. The summed E-state index contributed by atoms with van der Waals surface area (Å²) in [6.45, 7) is 4.03. The molecule has 2 heterocycles.